The lowest BCUT2D eigenvalue weighted by Gasteiger charge is -2.30. The summed E-state index contributed by atoms with van der Waals surface area (Å²) in [6.07, 6.45) is 8.73. The highest BCUT2D eigenvalue weighted by molar-refractivity contribution is 5.63. The quantitative estimate of drug-likeness (QED) is 0.325. The van der Waals surface area contributed by atoms with Gasteiger partial charge < -0.3 is 0 Å². The van der Waals surface area contributed by atoms with Crippen LogP contribution in [0.1, 0.15) is 62.5 Å². The SMILES string of the molecule is CC(CC1CCC(CCc2ccc(-c3cc(F)c(F)c(F)c3)cc2)CC1)c1ccccc1. The van der Waals surface area contributed by atoms with Crippen molar-refractivity contribution in [1.29, 1.82) is 0 Å². The van der Waals surface area contributed by atoms with E-state index in [2.05, 4.69) is 37.3 Å². The van der Waals surface area contributed by atoms with Crippen LogP contribution in [-0.4, -0.2) is 0 Å². The maximum absolute atomic E-state index is 13.5. The highest BCUT2D eigenvalue weighted by Gasteiger charge is 2.23. The summed E-state index contributed by atoms with van der Waals surface area (Å²) in [4.78, 5) is 0. The zero-order valence-corrected chi connectivity index (χ0v) is 18.7. The topological polar surface area (TPSA) is 0 Å². The maximum Gasteiger partial charge on any atom is 0.194 e. The second-order valence-electron chi connectivity index (χ2n) is 9.42. The fraction of sp³-hybridized carbons (Fsp3) is 0.379. The molecule has 0 aromatic heterocycles. The molecule has 3 aromatic carbocycles. The summed E-state index contributed by atoms with van der Waals surface area (Å²) >= 11 is 0. The molecule has 1 fully saturated rings. The zero-order chi connectivity index (χ0) is 22.5. The van der Waals surface area contributed by atoms with Crippen LogP contribution in [-0.2, 0) is 6.42 Å². The van der Waals surface area contributed by atoms with E-state index >= 15 is 0 Å². The van der Waals surface area contributed by atoms with Gasteiger partial charge in [0, 0.05) is 0 Å². The van der Waals surface area contributed by atoms with E-state index in [0.29, 0.717) is 17.0 Å². The van der Waals surface area contributed by atoms with Crippen LogP contribution in [0.4, 0.5) is 13.2 Å². The molecule has 168 valence electrons. The molecule has 3 aromatic rings. The Bertz CT molecular complexity index is 979. The molecule has 0 bridgehead atoms. The number of benzene rings is 3. The predicted molar refractivity (Wildman–Crippen MR) is 125 cm³/mol. The van der Waals surface area contributed by atoms with Crippen molar-refractivity contribution in [2.45, 2.75) is 57.8 Å². The molecule has 0 nitrogen and oxygen atoms in total. The molecule has 0 heterocycles. The summed E-state index contributed by atoms with van der Waals surface area (Å²) in [5.74, 6) is -1.50. The van der Waals surface area contributed by atoms with Gasteiger partial charge in [-0.05, 0) is 71.4 Å². The third-order valence-electron chi connectivity index (χ3n) is 7.13. The van der Waals surface area contributed by atoms with Crippen LogP contribution in [0.5, 0.6) is 0 Å². The number of rotatable bonds is 7. The summed E-state index contributed by atoms with van der Waals surface area (Å²) in [5.41, 5.74) is 3.73. The van der Waals surface area contributed by atoms with E-state index in [1.807, 2.05) is 24.3 Å². The van der Waals surface area contributed by atoms with Crippen LogP contribution in [0.25, 0.3) is 11.1 Å². The maximum atomic E-state index is 13.5. The average molecular weight is 437 g/mol. The van der Waals surface area contributed by atoms with Crippen molar-refractivity contribution >= 4 is 0 Å². The molecular weight excluding hydrogens is 405 g/mol. The number of aryl methyl sites for hydroxylation is 1. The van der Waals surface area contributed by atoms with Crippen LogP contribution in [0.2, 0.25) is 0 Å². The third kappa shape index (κ3) is 5.62. The van der Waals surface area contributed by atoms with Gasteiger partial charge in [0.15, 0.2) is 17.5 Å². The summed E-state index contributed by atoms with van der Waals surface area (Å²) in [6, 6.07) is 20.7. The van der Waals surface area contributed by atoms with E-state index in [-0.39, 0.29) is 0 Å². The van der Waals surface area contributed by atoms with Gasteiger partial charge in [-0.3, -0.25) is 0 Å². The van der Waals surface area contributed by atoms with Gasteiger partial charge >= 0.3 is 0 Å². The van der Waals surface area contributed by atoms with Crippen molar-refractivity contribution in [2.75, 3.05) is 0 Å². The van der Waals surface area contributed by atoms with Gasteiger partial charge in [-0.15, -0.1) is 0 Å². The lowest BCUT2D eigenvalue weighted by molar-refractivity contribution is 0.245. The molecule has 0 radical (unpaired) electrons. The van der Waals surface area contributed by atoms with Crippen molar-refractivity contribution in [3.8, 4) is 11.1 Å². The van der Waals surface area contributed by atoms with Crippen LogP contribution in [0.3, 0.4) is 0 Å². The molecule has 3 heteroatoms. The van der Waals surface area contributed by atoms with Gasteiger partial charge in [0.1, 0.15) is 0 Å². The largest absolute Gasteiger partial charge is 0.204 e. The smallest absolute Gasteiger partial charge is 0.194 e. The molecule has 0 amide bonds. The van der Waals surface area contributed by atoms with Crippen LogP contribution >= 0.6 is 0 Å². The second kappa shape index (κ2) is 10.4. The van der Waals surface area contributed by atoms with Gasteiger partial charge in [-0.25, -0.2) is 13.2 Å². The average Bonchev–Trinajstić information content (AvgIpc) is 2.82. The van der Waals surface area contributed by atoms with Crippen molar-refractivity contribution in [2.24, 2.45) is 11.8 Å². The molecule has 0 N–H and O–H groups in total. The van der Waals surface area contributed by atoms with E-state index in [0.717, 1.165) is 30.4 Å². The van der Waals surface area contributed by atoms with E-state index in [1.165, 1.54) is 49.7 Å². The third-order valence-corrected chi connectivity index (χ3v) is 7.13. The van der Waals surface area contributed by atoms with E-state index < -0.39 is 17.5 Å². The Morgan fingerprint density at radius 3 is 1.97 bits per heavy atom. The minimum atomic E-state index is -1.42. The van der Waals surface area contributed by atoms with Crippen molar-refractivity contribution in [1.82, 2.24) is 0 Å². The molecule has 1 aliphatic rings. The van der Waals surface area contributed by atoms with Gasteiger partial charge in [0.05, 0.1) is 0 Å². The standard InChI is InChI=1S/C29H31F3/c1-20(24-5-3-2-4-6-24)17-23-11-9-21(10-12-23)7-8-22-13-15-25(16-14-22)26-18-27(30)29(32)28(31)19-26/h2-6,13-16,18-21,23H,7-12,17H2,1H3. The van der Waals surface area contributed by atoms with Crippen LogP contribution < -0.4 is 0 Å². The first kappa shape index (κ1) is 22.6. The molecule has 32 heavy (non-hydrogen) atoms. The Labute approximate surface area is 189 Å². The number of hydrogen-bond donors (Lipinski definition) is 0. The Morgan fingerprint density at radius 2 is 1.34 bits per heavy atom. The molecule has 0 spiro atoms. The zero-order valence-electron chi connectivity index (χ0n) is 18.7. The van der Waals surface area contributed by atoms with Crippen molar-refractivity contribution in [3.63, 3.8) is 0 Å². The molecule has 4 rings (SSSR count). The Balaban J connectivity index is 1.24. The molecule has 0 aliphatic heterocycles. The Morgan fingerprint density at radius 1 is 0.750 bits per heavy atom. The molecule has 1 unspecified atom stereocenters. The minimum absolute atomic E-state index is 0.357. The van der Waals surface area contributed by atoms with E-state index in [4.69, 9.17) is 0 Å². The summed E-state index contributed by atoms with van der Waals surface area (Å²) in [5, 5.41) is 0. The number of halogens is 3. The Hall–Kier alpha value is -2.55. The summed E-state index contributed by atoms with van der Waals surface area (Å²) in [6.45, 7) is 2.35. The molecule has 1 aliphatic carbocycles. The minimum Gasteiger partial charge on any atom is -0.204 e. The molecule has 1 atom stereocenters. The summed E-state index contributed by atoms with van der Waals surface area (Å²) in [7, 11) is 0. The van der Waals surface area contributed by atoms with Crippen molar-refractivity contribution < 1.29 is 13.2 Å². The normalized spacial score (nSPS) is 19.6. The lowest BCUT2D eigenvalue weighted by atomic mass is 9.75. The van der Waals surface area contributed by atoms with Gasteiger partial charge in [-0.1, -0.05) is 87.2 Å². The summed E-state index contributed by atoms with van der Waals surface area (Å²) < 4.78 is 40.2. The van der Waals surface area contributed by atoms with E-state index in [1.54, 1.807) is 0 Å². The van der Waals surface area contributed by atoms with E-state index in [9.17, 15) is 13.2 Å². The Kier molecular flexibility index (Phi) is 7.34. The molecular formula is C29H31F3. The molecule has 1 saturated carbocycles. The van der Waals surface area contributed by atoms with Gasteiger partial charge in [-0.2, -0.15) is 0 Å². The second-order valence-corrected chi connectivity index (χ2v) is 9.42. The van der Waals surface area contributed by atoms with Gasteiger partial charge in [0.25, 0.3) is 0 Å². The van der Waals surface area contributed by atoms with Crippen molar-refractivity contribution in [3.05, 3.63) is 95.3 Å². The first-order valence-electron chi connectivity index (χ1n) is 11.8. The molecule has 0 saturated heterocycles. The highest BCUT2D eigenvalue weighted by atomic mass is 19.2. The lowest BCUT2D eigenvalue weighted by Crippen LogP contribution is -2.16. The first-order chi connectivity index (χ1) is 15.5. The fourth-order valence-electron chi connectivity index (χ4n) is 5.13. The van der Waals surface area contributed by atoms with Gasteiger partial charge in [0.2, 0.25) is 0 Å². The predicted octanol–water partition coefficient (Wildman–Crippen LogP) is 8.70. The first-order valence-corrected chi connectivity index (χ1v) is 11.8. The highest BCUT2D eigenvalue weighted by Crippen LogP contribution is 2.37. The van der Waals surface area contributed by atoms with Crippen LogP contribution in [0.15, 0.2) is 66.7 Å². The van der Waals surface area contributed by atoms with Crippen LogP contribution in [0, 0.1) is 29.3 Å². The monoisotopic (exact) mass is 436 g/mol. The fourth-order valence-corrected chi connectivity index (χ4v) is 5.13. The number of hydrogen-bond acceptors (Lipinski definition) is 0.